The molecule has 21 heavy (non-hydrogen) atoms. The van der Waals surface area contributed by atoms with Gasteiger partial charge in [-0.25, -0.2) is 4.98 Å². The second-order valence-corrected chi connectivity index (χ2v) is 7.03. The number of nitrogens with zero attached hydrogens (tertiary/aromatic N) is 1. The molecule has 5 heteroatoms. The van der Waals surface area contributed by atoms with E-state index in [1.54, 1.807) is 5.38 Å². The summed E-state index contributed by atoms with van der Waals surface area (Å²) in [5.74, 6) is -0.207. The van der Waals surface area contributed by atoms with Crippen LogP contribution in [0.25, 0.3) is 0 Å². The van der Waals surface area contributed by atoms with Crippen molar-refractivity contribution in [3.63, 3.8) is 0 Å². The van der Waals surface area contributed by atoms with Crippen LogP contribution in [0.4, 0.5) is 5.69 Å². The van der Waals surface area contributed by atoms with Gasteiger partial charge in [0.1, 0.15) is 10.7 Å². The average Bonchev–Trinajstić information content (AvgIpc) is 2.88. The van der Waals surface area contributed by atoms with Crippen LogP contribution in [-0.2, 0) is 5.41 Å². The Morgan fingerprint density at radius 2 is 1.90 bits per heavy atom. The van der Waals surface area contributed by atoms with Gasteiger partial charge >= 0.3 is 0 Å². The number of carbonyl (C=O) groups is 1. The van der Waals surface area contributed by atoms with Crippen molar-refractivity contribution in [2.75, 3.05) is 5.32 Å². The lowest BCUT2D eigenvalue weighted by Crippen LogP contribution is -2.14. The van der Waals surface area contributed by atoms with Crippen molar-refractivity contribution in [3.05, 3.63) is 45.9 Å². The number of hydrogen-bond donors (Lipinski definition) is 2. The van der Waals surface area contributed by atoms with E-state index in [9.17, 15) is 4.79 Å². The van der Waals surface area contributed by atoms with Gasteiger partial charge in [-0.1, -0.05) is 32.9 Å². The fraction of sp³-hybridized carbons (Fsp3) is 0.375. The third kappa shape index (κ3) is 3.89. The molecule has 112 valence electrons. The first-order valence-corrected chi connectivity index (χ1v) is 7.78. The Balaban J connectivity index is 2.08. The molecule has 0 aliphatic heterocycles. The lowest BCUT2D eigenvalue weighted by molar-refractivity contribution is 0.102. The first kappa shape index (κ1) is 15.7. The van der Waals surface area contributed by atoms with Crippen LogP contribution in [-0.4, -0.2) is 10.9 Å². The van der Waals surface area contributed by atoms with Gasteiger partial charge < -0.3 is 11.1 Å². The molecule has 0 saturated heterocycles. The second-order valence-electron chi connectivity index (χ2n) is 6.14. The molecule has 1 heterocycles. The van der Waals surface area contributed by atoms with Crippen LogP contribution in [0.3, 0.4) is 0 Å². The standard InChI is InChI=1S/C16H21N3OS/c1-10(17)15-19-13(9-21-15)14(20)18-12-7-5-11(6-8-12)16(2,3)4/h5-10H,17H2,1-4H3,(H,18,20). The number of rotatable bonds is 3. The number of hydrogen-bond acceptors (Lipinski definition) is 4. The normalized spacial score (nSPS) is 13.0. The van der Waals surface area contributed by atoms with Crippen molar-refractivity contribution in [2.45, 2.75) is 39.2 Å². The molecule has 2 aromatic rings. The maximum Gasteiger partial charge on any atom is 0.275 e. The quantitative estimate of drug-likeness (QED) is 0.908. The maximum atomic E-state index is 12.1. The van der Waals surface area contributed by atoms with Gasteiger partial charge in [-0.05, 0) is 30.0 Å². The van der Waals surface area contributed by atoms with Gasteiger partial charge in [0.15, 0.2) is 0 Å². The average molecular weight is 303 g/mol. The van der Waals surface area contributed by atoms with Crippen molar-refractivity contribution in [2.24, 2.45) is 5.73 Å². The molecule has 0 aliphatic carbocycles. The molecule has 1 aromatic carbocycles. The highest BCUT2D eigenvalue weighted by molar-refractivity contribution is 7.09. The summed E-state index contributed by atoms with van der Waals surface area (Å²) in [5.41, 5.74) is 8.26. The van der Waals surface area contributed by atoms with Crippen molar-refractivity contribution >= 4 is 22.9 Å². The van der Waals surface area contributed by atoms with Gasteiger partial charge in [0, 0.05) is 11.1 Å². The minimum absolute atomic E-state index is 0.101. The number of carbonyl (C=O) groups excluding carboxylic acids is 1. The van der Waals surface area contributed by atoms with Crippen molar-refractivity contribution < 1.29 is 4.79 Å². The Hall–Kier alpha value is -1.72. The molecule has 3 N–H and O–H groups in total. The van der Waals surface area contributed by atoms with Crippen LogP contribution in [0.1, 0.15) is 54.8 Å². The van der Waals surface area contributed by atoms with Crippen LogP contribution < -0.4 is 11.1 Å². The fourth-order valence-electron chi connectivity index (χ4n) is 1.85. The Kier molecular flexibility index (Phi) is 4.44. The van der Waals surface area contributed by atoms with E-state index in [-0.39, 0.29) is 17.4 Å². The molecule has 0 spiro atoms. The monoisotopic (exact) mass is 303 g/mol. The summed E-state index contributed by atoms with van der Waals surface area (Å²) >= 11 is 1.41. The van der Waals surface area contributed by atoms with Crippen LogP contribution >= 0.6 is 11.3 Å². The fourth-order valence-corrected chi connectivity index (χ4v) is 2.61. The summed E-state index contributed by atoms with van der Waals surface area (Å²) in [7, 11) is 0. The molecule has 0 radical (unpaired) electrons. The molecular weight excluding hydrogens is 282 g/mol. The van der Waals surface area contributed by atoms with Crippen molar-refractivity contribution in [1.82, 2.24) is 4.98 Å². The van der Waals surface area contributed by atoms with E-state index in [1.165, 1.54) is 16.9 Å². The molecule has 4 nitrogen and oxygen atoms in total. The van der Waals surface area contributed by atoms with E-state index in [2.05, 4.69) is 31.1 Å². The first-order chi connectivity index (χ1) is 9.77. The third-order valence-electron chi connectivity index (χ3n) is 3.15. The van der Waals surface area contributed by atoms with E-state index in [1.807, 2.05) is 31.2 Å². The zero-order valence-corrected chi connectivity index (χ0v) is 13.6. The highest BCUT2D eigenvalue weighted by atomic mass is 32.1. The Bertz CT molecular complexity index is 624. The summed E-state index contributed by atoms with van der Waals surface area (Å²) in [4.78, 5) is 16.4. The molecule has 0 aliphatic rings. The van der Waals surface area contributed by atoms with Gasteiger partial charge in [-0.15, -0.1) is 11.3 Å². The van der Waals surface area contributed by atoms with Crippen LogP contribution in [0.5, 0.6) is 0 Å². The number of aromatic nitrogens is 1. The zero-order chi connectivity index (χ0) is 15.6. The third-order valence-corrected chi connectivity index (χ3v) is 4.20. The number of nitrogens with one attached hydrogen (secondary N) is 1. The molecule has 0 saturated carbocycles. The molecule has 1 aromatic heterocycles. The minimum Gasteiger partial charge on any atom is -0.322 e. The summed E-state index contributed by atoms with van der Waals surface area (Å²) in [6.07, 6.45) is 0. The number of nitrogens with two attached hydrogens (primary N) is 1. The summed E-state index contributed by atoms with van der Waals surface area (Å²) in [6, 6.07) is 7.74. The Labute approximate surface area is 129 Å². The summed E-state index contributed by atoms with van der Waals surface area (Å²) < 4.78 is 0. The topological polar surface area (TPSA) is 68.0 Å². The van der Waals surface area contributed by atoms with Crippen LogP contribution in [0, 0.1) is 0 Å². The predicted octanol–water partition coefficient (Wildman–Crippen LogP) is 3.71. The number of benzene rings is 1. The lowest BCUT2D eigenvalue weighted by atomic mass is 9.87. The van der Waals surface area contributed by atoms with E-state index >= 15 is 0 Å². The molecule has 1 amide bonds. The number of anilines is 1. The van der Waals surface area contributed by atoms with Gasteiger partial charge in [0.25, 0.3) is 5.91 Å². The van der Waals surface area contributed by atoms with Crippen LogP contribution in [0.15, 0.2) is 29.6 Å². The molecule has 1 atom stereocenters. The van der Waals surface area contributed by atoms with Crippen molar-refractivity contribution in [3.8, 4) is 0 Å². The molecule has 2 rings (SSSR count). The van der Waals surface area contributed by atoms with E-state index < -0.39 is 0 Å². The van der Waals surface area contributed by atoms with E-state index in [0.29, 0.717) is 5.69 Å². The highest BCUT2D eigenvalue weighted by Crippen LogP contribution is 2.24. The Morgan fingerprint density at radius 3 is 2.38 bits per heavy atom. The highest BCUT2D eigenvalue weighted by Gasteiger charge is 2.15. The van der Waals surface area contributed by atoms with Gasteiger partial charge in [-0.3, -0.25) is 4.79 Å². The molecular formula is C16H21N3OS. The van der Waals surface area contributed by atoms with Gasteiger partial charge in [0.2, 0.25) is 0 Å². The predicted molar refractivity (Wildman–Crippen MR) is 87.8 cm³/mol. The molecule has 0 bridgehead atoms. The SMILES string of the molecule is CC(N)c1nc(C(=O)Nc2ccc(C(C)(C)C)cc2)cs1. The van der Waals surface area contributed by atoms with E-state index in [4.69, 9.17) is 5.73 Å². The van der Waals surface area contributed by atoms with Crippen LogP contribution in [0.2, 0.25) is 0 Å². The molecule has 1 unspecified atom stereocenters. The van der Waals surface area contributed by atoms with E-state index in [0.717, 1.165) is 10.7 Å². The lowest BCUT2D eigenvalue weighted by Gasteiger charge is -2.19. The number of amides is 1. The molecule has 0 fully saturated rings. The minimum atomic E-state index is -0.207. The summed E-state index contributed by atoms with van der Waals surface area (Å²) in [5, 5.41) is 5.35. The zero-order valence-electron chi connectivity index (χ0n) is 12.8. The van der Waals surface area contributed by atoms with Crippen molar-refractivity contribution in [1.29, 1.82) is 0 Å². The first-order valence-electron chi connectivity index (χ1n) is 6.90. The number of thiazole rings is 1. The van der Waals surface area contributed by atoms with Gasteiger partial charge in [-0.2, -0.15) is 0 Å². The van der Waals surface area contributed by atoms with Gasteiger partial charge in [0.05, 0.1) is 6.04 Å². The smallest absolute Gasteiger partial charge is 0.275 e. The largest absolute Gasteiger partial charge is 0.322 e. The maximum absolute atomic E-state index is 12.1. The summed E-state index contributed by atoms with van der Waals surface area (Å²) in [6.45, 7) is 8.33. The second kappa shape index (κ2) is 5.95. The Morgan fingerprint density at radius 1 is 1.29 bits per heavy atom.